The quantitative estimate of drug-likeness (QED) is 0.739. The van der Waals surface area contributed by atoms with Crippen LogP contribution in [-0.2, 0) is 16.1 Å². The number of carbonyl (C=O) groups is 3. The fraction of sp³-hybridized carbons (Fsp3) is 0.350. The highest BCUT2D eigenvalue weighted by Crippen LogP contribution is 2.41. The Hall–Kier alpha value is -2.61. The Bertz CT molecular complexity index is 937. The van der Waals surface area contributed by atoms with Gasteiger partial charge in [0.15, 0.2) is 4.67 Å². The first kappa shape index (κ1) is 18.7. The molecule has 0 radical (unpaired) electrons. The van der Waals surface area contributed by atoms with Crippen molar-refractivity contribution in [2.24, 2.45) is 0 Å². The van der Waals surface area contributed by atoms with Crippen LogP contribution >= 0.6 is 15.9 Å². The maximum atomic E-state index is 12.9. The maximum Gasteiger partial charge on any atom is 0.255 e. The van der Waals surface area contributed by atoms with Gasteiger partial charge in [0.25, 0.3) is 5.91 Å². The molecule has 2 heterocycles. The molecule has 3 amide bonds. The largest absolute Gasteiger partial charge is 0.452 e. The molecule has 0 spiro atoms. The fourth-order valence-electron chi connectivity index (χ4n) is 3.49. The standard InChI is InChI=1S/C20H20BrN3O4/c1-23(11-13-8-9-16(21)28-13)17(25)10-22-19(26)18-14-4-2-3-5-15(14)20(27)24(18)12-6-7-12/h2-5,8-9,12,18H,6-7,10-11H2,1H3,(H,22,26). The summed E-state index contributed by atoms with van der Waals surface area (Å²) in [6.07, 6.45) is 1.81. The van der Waals surface area contributed by atoms with Gasteiger partial charge in [-0.05, 0) is 52.5 Å². The minimum Gasteiger partial charge on any atom is -0.452 e. The first-order valence-corrected chi connectivity index (χ1v) is 9.92. The lowest BCUT2D eigenvalue weighted by molar-refractivity contribution is -0.133. The van der Waals surface area contributed by atoms with Gasteiger partial charge in [-0.3, -0.25) is 14.4 Å². The van der Waals surface area contributed by atoms with Crippen LogP contribution in [0, 0.1) is 0 Å². The highest BCUT2D eigenvalue weighted by atomic mass is 79.9. The third kappa shape index (κ3) is 3.56. The number of hydrogen-bond acceptors (Lipinski definition) is 4. The van der Waals surface area contributed by atoms with Crippen molar-refractivity contribution in [2.45, 2.75) is 31.5 Å². The monoisotopic (exact) mass is 445 g/mol. The van der Waals surface area contributed by atoms with E-state index in [9.17, 15) is 14.4 Å². The van der Waals surface area contributed by atoms with Crippen LogP contribution in [0.4, 0.5) is 0 Å². The van der Waals surface area contributed by atoms with Crippen molar-refractivity contribution >= 4 is 33.7 Å². The van der Waals surface area contributed by atoms with Crippen LogP contribution in [0.3, 0.4) is 0 Å². The number of furan rings is 1. The van der Waals surface area contributed by atoms with Gasteiger partial charge in [-0.25, -0.2) is 0 Å². The van der Waals surface area contributed by atoms with Crippen molar-refractivity contribution in [1.29, 1.82) is 0 Å². The van der Waals surface area contributed by atoms with E-state index >= 15 is 0 Å². The molecule has 0 saturated heterocycles. The summed E-state index contributed by atoms with van der Waals surface area (Å²) in [5, 5.41) is 2.71. The number of amides is 3. The predicted molar refractivity (Wildman–Crippen MR) is 104 cm³/mol. The van der Waals surface area contributed by atoms with E-state index in [4.69, 9.17) is 4.42 Å². The van der Waals surface area contributed by atoms with Gasteiger partial charge in [-0.1, -0.05) is 18.2 Å². The molecule has 2 aliphatic rings. The molecule has 1 fully saturated rings. The molecule has 1 aromatic carbocycles. The van der Waals surface area contributed by atoms with Gasteiger partial charge in [0, 0.05) is 18.7 Å². The molecule has 0 bridgehead atoms. The highest BCUT2D eigenvalue weighted by molar-refractivity contribution is 9.10. The molecule has 2 aromatic rings. The van der Waals surface area contributed by atoms with E-state index < -0.39 is 6.04 Å². The zero-order chi connectivity index (χ0) is 19.8. The molecular formula is C20H20BrN3O4. The van der Waals surface area contributed by atoms with Gasteiger partial charge in [0.1, 0.15) is 11.8 Å². The Labute approximate surface area is 170 Å². The smallest absolute Gasteiger partial charge is 0.255 e. The van der Waals surface area contributed by atoms with E-state index in [1.54, 1.807) is 36.2 Å². The van der Waals surface area contributed by atoms with E-state index in [1.807, 2.05) is 12.1 Å². The summed E-state index contributed by atoms with van der Waals surface area (Å²) >= 11 is 3.23. The zero-order valence-electron chi connectivity index (χ0n) is 15.4. The number of likely N-dealkylation sites (N-methyl/N-ethyl adjacent to an activating group) is 1. The summed E-state index contributed by atoms with van der Waals surface area (Å²) in [5.74, 6) is -0.0292. The van der Waals surface area contributed by atoms with Crippen LogP contribution in [0.25, 0.3) is 0 Å². The Morgan fingerprint density at radius 3 is 2.68 bits per heavy atom. The summed E-state index contributed by atoms with van der Waals surface area (Å²) in [4.78, 5) is 41.1. The Morgan fingerprint density at radius 1 is 1.25 bits per heavy atom. The van der Waals surface area contributed by atoms with Crippen molar-refractivity contribution in [3.05, 3.63) is 58.0 Å². The maximum absolute atomic E-state index is 12.9. The molecule has 1 saturated carbocycles. The third-order valence-corrected chi connectivity index (χ3v) is 5.47. The van der Waals surface area contributed by atoms with E-state index in [1.165, 1.54) is 4.90 Å². The number of carbonyl (C=O) groups excluding carboxylic acids is 3. The Balaban J connectivity index is 1.41. The van der Waals surface area contributed by atoms with Crippen LogP contribution in [0.15, 0.2) is 45.5 Å². The van der Waals surface area contributed by atoms with Crippen molar-refractivity contribution in [3.8, 4) is 0 Å². The second-order valence-corrected chi connectivity index (χ2v) is 7.89. The summed E-state index contributed by atoms with van der Waals surface area (Å²) in [7, 11) is 1.65. The lowest BCUT2D eigenvalue weighted by Crippen LogP contribution is -2.44. The molecule has 1 aliphatic carbocycles. The third-order valence-electron chi connectivity index (χ3n) is 5.05. The van der Waals surface area contributed by atoms with E-state index in [2.05, 4.69) is 21.2 Å². The SMILES string of the molecule is CN(Cc1ccc(Br)o1)C(=O)CNC(=O)C1c2ccccc2C(=O)N1C1CC1. The first-order valence-electron chi connectivity index (χ1n) is 9.13. The van der Waals surface area contributed by atoms with Gasteiger partial charge in [0.05, 0.1) is 13.1 Å². The average molecular weight is 446 g/mol. The molecule has 8 heteroatoms. The second-order valence-electron chi connectivity index (χ2n) is 7.11. The van der Waals surface area contributed by atoms with Gasteiger partial charge in [-0.2, -0.15) is 0 Å². The van der Waals surface area contributed by atoms with E-state index in [0.717, 1.165) is 12.8 Å². The van der Waals surface area contributed by atoms with Crippen LogP contribution in [0.1, 0.15) is 40.6 Å². The molecule has 1 aliphatic heterocycles. The normalized spacial score (nSPS) is 18.1. The molecule has 1 aromatic heterocycles. The minimum absolute atomic E-state index is 0.103. The summed E-state index contributed by atoms with van der Waals surface area (Å²) in [6, 6.07) is 10.2. The minimum atomic E-state index is -0.671. The molecule has 4 rings (SSSR count). The van der Waals surface area contributed by atoms with Crippen LogP contribution in [0.5, 0.6) is 0 Å². The first-order chi connectivity index (χ1) is 13.5. The highest BCUT2D eigenvalue weighted by Gasteiger charge is 2.47. The summed E-state index contributed by atoms with van der Waals surface area (Å²) in [5.41, 5.74) is 1.28. The lowest BCUT2D eigenvalue weighted by Gasteiger charge is -2.25. The number of hydrogen-bond donors (Lipinski definition) is 1. The Morgan fingerprint density at radius 2 is 2.00 bits per heavy atom. The van der Waals surface area contributed by atoms with E-state index in [0.29, 0.717) is 28.1 Å². The molecule has 1 N–H and O–H groups in total. The van der Waals surface area contributed by atoms with Gasteiger partial charge in [-0.15, -0.1) is 0 Å². The molecule has 1 atom stereocenters. The van der Waals surface area contributed by atoms with E-state index in [-0.39, 0.29) is 30.3 Å². The lowest BCUT2D eigenvalue weighted by atomic mass is 10.0. The van der Waals surface area contributed by atoms with Gasteiger partial charge < -0.3 is 19.5 Å². The number of nitrogens with zero attached hydrogens (tertiary/aromatic N) is 2. The number of halogens is 1. The van der Waals surface area contributed by atoms with Crippen LogP contribution in [0.2, 0.25) is 0 Å². The average Bonchev–Trinajstić information content (AvgIpc) is 3.37. The Kier molecular flexibility index (Phi) is 4.97. The predicted octanol–water partition coefficient (Wildman–Crippen LogP) is 2.48. The van der Waals surface area contributed by atoms with Crippen LogP contribution in [-0.4, -0.2) is 47.2 Å². The number of benzene rings is 1. The van der Waals surface area contributed by atoms with Gasteiger partial charge >= 0.3 is 0 Å². The molecule has 28 heavy (non-hydrogen) atoms. The van der Waals surface area contributed by atoms with Crippen molar-refractivity contribution in [1.82, 2.24) is 15.1 Å². The zero-order valence-corrected chi connectivity index (χ0v) is 16.9. The van der Waals surface area contributed by atoms with Gasteiger partial charge in [0.2, 0.25) is 11.8 Å². The second kappa shape index (κ2) is 7.43. The number of rotatable bonds is 6. The fourth-order valence-corrected chi connectivity index (χ4v) is 3.83. The number of nitrogens with one attached hydrogen (secondary N) is 1. The number of fused-ring (bicyclic) bond motifs is 1. The summed E-state index contributed by atoms with van der Waals surface area (Å²) < 4.78 is 6.00. The van der Waals surface area contributed by atoms with Crippen molar-refractivity contribution in [2.75, 3.05) is 13.6 Å². The topological polar surface area (TPSA) is 82.9 Å². The molecule has 7 nitrogen and oxygen atoms in total. The molecule has 146 valence electrons. The van der Waals surface area contributed by atoms with Crippen molar-refractivity contribution in [3.63, 3.8) is 0 Å². The molecule has 1 unspecified atom stereocenters. The van der Waals surface area contributed by atoms with Crippen LogP contribution < -0.4 is 5.32 Å². The van der Waals surface area contributed by atoms with Crippen molar-refractivity contribution < 1.29 is 18.8 Å². The molecular weight excluding hydrogens is 426 g/mol. The summed E-state index contributed by atoms with van der Waals surface area (Å²) in [6.45, 7) is 0.168.